The van der Waals surface area contributed by atoms with Crippen LogP contribution in [0.2, 0.25) is 5.02 Å². The average molecular weight is 320 g/mol. The van der Waals surface area contributed by atoms with E-state index in [4.69, 9.17) is 16.9 Å². The van der Waals surface area contributed by atoms with Crippen molar-refractivity contribution in [2.45, 2.75) is 6.54 Å². The third kappa shape index (κ3) is 4.05. The molecule has 1 aromatic heterocycles. The maximum Gasteiger partial charge on any atom is 0.313 e. The second-order valence-corrected chi connectivity index (χ2v) is 5.49. The molecule has 2 N–H and O–H groups in total. The third-order valence-electron chi connectivity index (χ3n) is 2.56. The summed E-state index contributed by atoms with van der Waals surface area (Å²) in [5.41, 5.74) is 0.445. The van der Waals surface area contributed by atoms with E-state index in [0.29, 0.717) is 5.02 Å². The van der Waals surface area contributed by atoms with Crippen LogP contribution in [0.25, 0.3) is 0 Å². The lowest BCUT2D eigenvalue weighted by Gasteiger charge is -2.07. The van der Waals surface area contributed by atoms with E-state index in [9.17, 15) is 9.59 Å². The van der Waals surface area contributed by atoms with Gasteiger partial charge >= 0.3 is 11.8 Å². The van der Waals surface area contributed by atoms with Gasteiger partial charge < -0.3 is 10.6 Å². The highest BCUT2D eigenvalue weighted by atomic mass is 35.5. The van der Waals surface area contributed by atoms with Crippen molar-refractivity contribution >= 4 is 40.4 Å². The Morgan fingerprint density at radius 3 is 2.76 bits per heavy atom. The first kappa shape index (κ1) is 15.0. The number of rotatable bonds is 3. The predicted octanol–water partition coefficient (Wildman–Crippen LogP) is 2.53. The van der Waals surface area contributed by atoms with Crippen molar-refractivity contribution in [2.24, 2.45) is 0 Å². The summed E-state index contributed by atoms with van der Waals surface area (Å²) in [6, 6.07) is 10.1. The van der Waals surface area contributed by atoms with Gasteiger partial charge in [-0.15, -0.1) is 11.3 Å². The lowest BCUT2D eigenvalue weighted by atomic mass is 10.2. The van der Waals surface area contributed by atoms with E-state index in [0.717, 1.165) is 4.88 Å². The van der Waals surface area contributed by atoms with Crippen molar-refractivity contribution in [3.05, 3.63) is 51.2 Å². The summed E-state index contributed by atoms with van der Waals surface area (Å²) in [5.74, 6) is -1.61. The van der Waals surface area contributed by atoms with E-state index in [1.807, 2.05) is 23.6 Å². The number of carbonyl (C=O) groups excluding carboxylic acids is 2. The van der Waals surface area contributed by atoms with E-state index in [2.05, 4.69) is 10.6 Å². The highest BCUT2D eigenvalue weighted by molar-refractivity contribution is 7.09. The molecule has 5 nitrogen and oxygen atoms in total. The Labute approximate surface area is 130 Å². The molecule has 0 fully saturated rings. The number of benzene rings is 1. The normalized spacial score (nSPS) is 9.71. The molecule has 0 saturated heterocycles. The molecule has 0 bridgehead atoms. The summed E-state index contributed by atoms with van der Waals surface area (Å²) < 4.78 is 0. The molecule has 1 heterocycles. The van der Waals surface area contributed by atoms with Gasteiger partial charge in [-0.05, 0) is 29.6 Å². The van der Waals surface area contributed by atoms with Gasteiger partial charge in [0, 0.05) is 9.90 Å². The van der Waals surface area contributed by atoms with Gasteiger partial charge in [-0.3, -0.25) is 9.59 Å². The molecule has 0 radical (unpaired) electrons. The minimum atomic E-state index is -0.842. The van der Waals surface area contributed by atoms with Crippen LogP contribution in [0.1, 0.15) is 10.4 Å². The first-order valence-corrected chi connectivity index (χ1v) is 7.17. The smallest absolute Gasteiger partial charge is 0.313 e. The molecular formula is C14H10ClN3O2S. The maximum absolute atomic E-state index is 11.8. The average Bonchev–Trinajstić information content (AvgIpc) is 2.98. The SMILES string of the molecule is N#Cc1ccc(Cl)cc1NC(=O)C(=O)NCc1cccs1. The second-order valence-electron chi connectivity index (χ2n) is 4.02. The number of anilines is 1. The molecule has 106 valence electrons. The molecule has 0 saturated carbocycles. The van der Waals surface area contributed by atoms with Crippen LogP contribution in [0.4, 0.5) is 5.69 Å². The van der Waals surface area contributed by atoms with Gasteiger partial charge in [-0.25, -0.2) is 0 Å². The molecule has 2 rings (SSSR count). The summed E-state index contributed by atoms with van der Waals surface area (Å²) >= 11 is 7.29. The number of amides is 2. The van der Waals surface area contributed by atoms with Crippen LogP contribution in [0.3, 0.4) is 0 Å². The van der Waals surface area contributed by atoms with Gasteiger partial charge in [0.15, 0.2) is 0 Å². The summed E-state index contributed by atoms with van der Waals surface area (Å²) in [4.78, 5) is 24.4. The quantitative estimate of drug-likeness (QED) is 0.853. The topological polar surface area (TPSA) is 82.0 Å². The number of nitrogens with zero attached hydrogens (tertiary/aromatic N) is 1. The van der Waals surface area contributed by atoms with Crippen molar-refractivity contribution in [3.8, 4) is 6.07 Å². The fourth-order valence-corrected chi connectivity index (χ4v) is 2.37. The van der Waals surface area contributed by atoms with Crippen LogP contribution in [-0.4, -0.2) is 11.8 Å². The fraction of sp³-hybridized carbons (Fsp3) is 0.0714. The van der Waals surface area contributed by atoms with Gasteiger partial charge in [-0.1, -0.05) is 17.7 Å². The number of carbonyl (C=O) groups is 2. The Morgan fingerprint density at radius 1 is 1.29 bits per heavy atom. The van der Waals surface area contributed by atoms with Crippen LogP contribution >= 0.6 is 22.9 Å². The molecule has 1 aromatic carbocycles. The number of thiophene rings is 1. The van der Waals surface area contributed by atoms with E-state index >= 15 is 0 Å². The summed E-state index contributed by atoms with van der Waals surface area (Å²) in [6.07, 6.45) is 0. The first-order valence-electron chi connectivity index (χ1n) is 5.91. The van der Waals surface area contributed by atoms with Crippen LogP contribution in [-0.2, 0) is 16.1 Å². The molecule has 7 heteroatoms. The van der Waals surface area contributed by atoms with Crippen molar-refractivity contribution in [3.63, 3.8) is 0 Å². The Hall–Kier alpha value is -2.36. The lowest BCUT2D eigenvalue weighted by Crippen LogP contribution is -2.34. The molecule has 0 unspecified atom stereocenters. The molecule has 0 aliphatic heterocycles. The zero-order valence-corrected chi connectivity index (χ0v) is 12.3. The van der Waals surface area contributed by atoms with Crippen molar-refractivity contribution in [2.75, 3.05) is 5.32 Å². The minimum Gasteiger partial charge on any atom is -0.343 e. The van der Waals surface area contributed by atoms with Gasteiger partial charge in [0.05, 0.1) is 17.8 Å². The molecule has 0 aliphatic carbocycles. The van der Waals surface area contributed by atoms with Crippen molar-refractivity contribution in [1.29, 1.82) is 5.26 Å². The van der Waals surface area contributed by atoms with E-state index in [1.165, 1.54) is 29.5 Å². The van der Waals surface area contributed by atoms with Gasteiger partial charge in [0.25, 0.3) is 0 Å². The van der Waals surface area contributed by atoms with Crippen LogP contribution in [0, 0.1) is 11.3 Å². The van der Waals surface area contributed by atoms with Gasteiger partial charge in [-0.2, -0.15) is 5.26 Å². The Kier molecular flexibility index (Phi) is 4.93. The van der Waals surface area contributed by atoms with Crippen LogP contribution in [0.5, 0.6) is 0 Å². The molecule has 2 amide bonds. The summed E-state index contributed by atoms with van der Waals surface area (Å²) in [5, 5.41) is 16.1. The van der Waals surface area contributed by atoms with E-state index in [-0.39, 0.29) is 17.8 Å². The van der Waals surface area contributed by atoms with Crippen LogP contribution < -0.4 is 10.6 Å². The lowest BCUT2D eigenvalue weighted by molar-refractivity contribution is -0.136. The molecule has 0 spiro atoms. The van der Waals surface area contributed by atoms with Crippen molar-refractivity contribution < 1.29 is 9.59 Å². The number of nitriles is 1. The summed E-state index contributed by atoms with van der Waals surface area (Å²) in [7, 11) is 0. The highest BCUT2D eigenvalue weighted by Gasteiger charge is 2.15. The fourth-order valence-electron chi connectivity index (χ4n) is 1.56. The first-order chi connectivity index (χ1) is 10.1. The number of halogens is 1. The highest BCUT2D eigenvalue weighted by Crippen LogP contribution is 2.20. The Balaban J connectivity index is 1.99. The predicted molar refractivity (Wildman–Crippen MR) is 81.0 cm³/mol. The number of hydrogen-bond acceptors (Lipinski definition) is 4. The standard InChI is InChI=1S/C14H10ClN3O2S/c15-10-4-3-9(7-16)12(6-10)18-14(20)13(19)17-8-11-2-1-5-21-11/h1-6H,8H2,(H,17,19)(H,18,20). The zero-order valence-electron chi connectivity index (χ0n) is 10.7. The van der Waals surface area contributed by atoms with Gasteiger partial charge in [0.1, 0.15) is 6.07 Å². The van der Waals surface area contributed by atoms with E-state index < -0.39 is 11.8 Å². The molecular weight excluding hydrogens is 310 g/mol. The molecule has 21 heavy (non-hydrogen) atoms. The third-order valence-corrected chi connectivity index (χ3v) is 3.67. The molecule has 2 aromatic rings. The van der Waals surface area contributed by atoms with Crippen LogP contribution in [0.15, 0.2) is 35.7 Å². The Bertz CT molecular complexity index is 708. The number of hydrogen-bond donors (Lipinski definition) is 2. The van der Waals surface area contributed by atoms with Gasteiger partial charge in [0.2, 0.25) is 0 Å². The Morgan fingerprint density at radius 2 is 2.10 bits per heavy atom. The molecule has 0 aliphatic rings. The van der Waals surface area contributed by atoms with E-state index in [1.54, 1.807) is 0 Å². The minimum absolute atomic E-state index is 0.210. The van der Waals surface area contributed by atoms with Crippen molar-refractivity contribution in [1.82, 2.24) is 5.32 Å². The second kappa shape index (κ2) is 6.88. The molecule has 0 atom stereocenters. The largest absolute Gasteiger partial charge is 0.343 e. The zero-order chi connectivity index (χ0) is 15.2. The monoisotopic (exact) mass is 319 g/mol. The number of nitrogens with one attached hydrogen (secondary N) is 2. The maximum atomic E-state index is 11.8. The summed E-state index contributed by atoms with van der Waals surface area (Å²) in [6.45, 7) is 0.282.